The highest BCUT2D eigenvalue weighted by atomic mass is 16.2. The average Bonchev–Trinajstić information content (AvgIpc) is 3.34. The molecule has 0 saturated carbocycles. The number of hydrogen-bond acceptors (Lipinski definition) is 5. The Balaban J connectivity index is 1.71. The molecule has 0 radical (unpaired) electrons. The number of carbonyl (C=O) groups is 2. The van der Waals surface area contributed by atoms with Crippen molar-refractivity contribution in [3.8, 4) is 0 Å². The molecule has 0 atom stereocenters. The highest BCUT2D eigenvalue weighted by Gasteiger charge is 2.18. The van der Waals surface area contributed by atoms with Crippen molar-refractivity contribution in [2.24, 2.45) is 7.05 Å². The van der Waals surface area contributed by atoms with Crippen LogP contribution in [-0.2, 0) is 20.1 Å². The predicted molar refractivity (Wildman–Crippen MR) is 94.9 cm³/mol. The van der Waals surface area contributed by atoms with Gasteiger partial charge in [0.1, 0.15) is 5.69 Å². The highest BCUT2D eigenvalue weighted by Crippen LogP contribution is 2.12. The minimum atomic E-state index is -0.408. The molecule has 0 aliphatic carbocycles. The lowest BCUT2D eigenvalue weighted by molar-refractivity contribution is 0.101. The van der Waals surface area contributed by atoms with Gasteiger partial charge in [0.05, 0.1) is 23.8 Å². The van der Waals surface area contributed by atoms with E-state index < -0.39 is 5.91 Å². The van der Waals surface area contributed by atoms with E-state index in [1.165, 1.54) is 10.7 Å². The monoisotopic (exact) mass is 356 g/mol. The van der Waals surface area contributed by atoms with Crippen LogP contribution in [0.25, 0.3) is 0 Å². The molecule has 10 nitrogen and oxygen atoms in total. The largest absolute Gasteiger partial charge is 0.318 e. The molecule has 3 heterocycles. The lowest BCUT2D eigenvalue weighted by Gasteiger charge is -2.01. The number of aryl methyl sites for hydroxylation is 3. The number of anilines is 2. The molecule has 0 spiro atoms. The highest BCUT2D eigenvalue weighted by molar-refractivity contribution is 6.07. The first kappa shape index (κ1) is 17.4. The van der Waals surface area contributed by atoms with E-state index in [2.05, 4.69) is 25.9 Å². The number of hydrogen-bond donors (Lipinski definition) is 2. The summed E-state index contributed by atoms with van der Waals surface area (Å²) in [5.74, 6) is -0.775. The van der Waals surface area contributed by atoms with Crippen molar-refractivity contribution in [1.29, 1.82) is 0 Å². The van der Waals surface area contributed by atoms with E-state index in [9.17, 15) is 9.59 Å². The average molecular weight is 356 g/mol. The summed E-state index contributed by atoms with van der Waals surface area (Å²) >= 11 is 0. The maximum atomic E-state index is 12.4. The molecule has 0 bridgehead atoms. The van der Waals surface area contributed by atoms with Gasteiger partial charge in [-0.05, 0) is 13.8 Å². The molecule has 0 fully saturated rings. The fourth-order valence-electron chi connectivity index (χ4n) is 2.38. The second-order valence-electron chi connectivity index (χ2n) is 5.62. The zero-order valence-electron chi connectivity index (χ0n) is 14.8. The lowest BCUT2D eigenvalue weighted by atomic mass is 10.3. The Hall–Kier alpha value is -3.43. The Morgan fingerprint density at radius 2 is 1.50 bits per heavy atom. The summed E-state index contributed by atoms with van der Waals surface area (Å²) in [4.78, 5) is 24.7. The number of rotatable bonds is 6. The standard InChI is InChI=1S/C16H20N8O2/c1-4-23-9-11(7-17-23)19-15(25)13-6-14(22(3)21-13)16(26)20-12-8-18-24(5-2)10-12/h6-10H,4-5H2,1-3H3,(H,19,25)(H,20,26). The second-order valence-corrected chi connectivity index (χ2v) is 5.62. The third kappa shape index (κ3) is 3.63. The molecule has 0 unspecified atom stereocenters. The van der Waals surface area contributed by atoms with E-state index in [1.54, 1.807) is 41.2 Å². The quantitative estimate of drug-likeness (QED) is 0.692. The summed E-state index contributed by atoms with van der Waals surface area (Å²) in [7, 11) is 1.61. The van der Waals surface area contributed by atoms with Gasteiger partial charge in [-0.25, -0.2) is 0 Å². The van der Waals surface area contributed by atoms with E-state index in [1.807, 2.05) is 13.8 Å². The van der Waals surface area contributed by atoms with Gasteiger partial charge in [0.25, 0.3) is 11.8 Å². The van der Waals surface area contributed by atoms with Crippen molar-refractivity contribution in [2.75, 3.05) is 10.6 Å². The normalized spacial score (nSPS) is 10.7. The Kier molecular flexibility index (Phi) is 4.83. The van der Waals surface area contributed by atoms with Crippen LogP contribution in [0.1, 0.15) is 34.8 Å². The summed E-state index contributed by atoms with van der Waals surface area (Å²) in [6, 6.07) is 1.44. The molecule has 0 aliphatic rings. The maximum Gasteiger partial charge on any atom is 0.276 e. The van der Waals surface area contributed by atoms with Crippen molar-refractivity contribution in [3.05, 3.63) is 42.2 Å². The fraction of sp³-hybridized carbons (Fsp3) is 0.312. The zero-order valence-corrected chi connectivity index (χ0v) is 14.8. The van der Waals surface area contributed by atoms with E-state index >= 15 is 0 Å². The SMILES string of the molecule is CCn1cc(NC(=O)c2cc(C(=O)Nc3cnn(CC)c3)n(C)n2)cn1. The Labute approximate surface area is 149 Å². The number of carbonyl (C=O) groups excluding carboxylic acids is 2. The molecule has 2 N–H and O–H groups in total. The molecule has 3 rings (SSSR count). The first-order valence-electron chi connectivity index (χ1n) is 8.21. The minimum absolute atomic E-state index is 0.145. The van der Waals surface area contributed by atoms with Crippen LogP contribution in [-0.4, -0.2) is 41.2 Å². The smallest absolute Gasteiger partial charge is 0.276 e. The zero-order chi connectivity index (χ0) is 18.7. The van der Waals surface area contributed by atoms with Crippen LogP contribution in [0.4, 0.5) is 11.4 Å². The van der Waals surface area contributed by atoms with Crippen molar-refractivity contribution in [3.63, 3.8) is 0 Å². The Morgan fingerprint density at radius 3 is 2.00 bits per heavy atom. The van der Waals surface area contributed by atoms with Gasteiger partial charge in [0, 0.05) is 38.6 Å². The third-order valence-electron chi connectivity index (χ3n) is 3.78. The van der Waals surface area contributed by atoms with Crippen molar-refractivity contribution in [1.82, 2.24) is 29.3 Å². The van der Waals surface area contributed by atoms with Crippen molar-refractivity contribution in [2.45, 2.75) is 26.9 Å². The topological polar surface area (TPSA) is 112 Å². The van der Waals surface area contributed by atoms with Crippen LogP contribution < -0.4 is 10.6 Å². The molecular weight excluding hydrogens is 336 g/mol. The van der Waals surface area contributed by atoms with Gasteiger partial charge in [0.15, 0.2) is 5.69 Å². The van der Waals surface area contributed by atoms with E-state index in [0.717, 1.165) is 0 Å². The molecule has 0 aromatic carbocycles. The maximum absolute atomic E-state index is 12.4. The molecule has 3 aromatic rings. The van der Waals surface area contributed by atoms with Gasteiger partial charge in [-0.1, -0.05) is 0 Å². The Bertz CT molecular complexity index is 936. The minimum Gasteiger partial charge on any atom is -0.318 e. The lowest BCUT2D eigenvalue weighted by Crippen LogP contribution is -2.15. The molecule has 0 saturated heterocycles. The van der Waals surface area contributed by atoms with Crippen LogP contribution in [0.5, 0.6) is 0 Å². The van der Waals surface area contributed by atoms with E-state index in [4.69, 9.17) is 0 Å². The second kappa shape index (κ2) is 7.21. The molecule has 2 amide bonds. The summed E-state index contributed by atoms with van der Waals surface area (Å²) in [5, 5.41) is 17.8. The Morgan fingerprint density at radius 1 is 0.962 bits per heavy atom. The van der Waals surface area contributed by atoms with Gasteiger partial charge in [-0.15, -0.1) is 0 Å². The third-order valence-corrected chi connectivity index (χ3v) is 3.78. The first-order valence-corrected chi connectivity index (χ1v) is 8.21. The van der Waals surface area contributed by atoms with Crippen LogP contribution in [0.3, 0.4) is 0 Å². The molecule has 10 heteroatoms. The van der Waals surface area contributed by atoms with Gasteiger partial charge >= 0.3 is 0 Å². The molecule has 0 aliphatic heterocycles. The van der Waals surface area contributed by atoms with Crippen LogP contribution in [0.15, 0.2) is 30.9 Å². The van der Waals surface area contributed by atoms with Crippen LogP contribution in [0, 0.1) is 0 Å². The number of nitrogens with zero attached hydrogens (tertiary/aromatic N) is 6. The van der Waals surface area contributed by atoms with Crippen LogP contribution in [0.2, 0.25) is 0 Å². The van der Waals surface area contributed by atoms with Gasteiger partial charge < -0.3 is 10.6 Å². The number of aromatic nitrogens is 6. The number of nitrogens with one attached hydrogen (secondary N) is 2. The van der Waals surface area contributed by atoms with Gasteiger partial charge in [0.2, 0.25) is 0 Å². The van der Waals surface area contributed by atoms with Gasteiger partial charge in [-0.3, -0.25) is 23.6 Å². The van der Waals surface area contributed by atoms with Gasteiger partial charge in [-0.2, -0.15) is 15.3 Å². The molecule has 26 heavy (non-hydrogen) atoms. The predicted octanol–water partition coefficient (Wildman–Crippen LogP) is 1.36. The summed E-state index contributed by atoms with van der Waals surface area (Å²) in [6.45, 7) is 5.32. The molecule has 136 valence electrons. The molecule has 3 aromatic heterocycles. The summed E-state index contributed by atoms with van der Waals surface area (Å²) < 4.78 is 4.77. The van der Waals surface area contributed by atoms with Crippen molar-refractivity contribution >= 4 is 23.2 Å². The van der Waals surface area contributed by atoms with Crippen LogP contribution >= 0.6 is 0 Å². The fourth-order valence-corrected chi connectivity index (χ4v) is 2.38. The number of amides is 2. The summed E-state index contributed by atoms with van der Waals surface area (Å²) in [6.07, 6.45) is 6.58. The molecular formula is C16H20N8O2. The summed E-state index contributed by atoms with van der Waals surface area (Å²) in [5.41, 5.74) is 1.56. The first-order chi connectivity index (χ1) is 12.5. The van der Waals surface area contributed by atoms with Crippen molar-refractivity contribution < 1.29 is 9.59 Å². The van der Waals surface area contributed by atoms with E-state index in [-0.39, 0.29) is 17.3 Å². The van der Waals surface area contributed by atoms with E-state index in [0.29, 0.717) is 24.5 Å².